The highest BCUT2D eigenvalue weighted by Gasteiger charge is 2.10. The molecule has 5 heteroatoms. The van der Waals surface area contributed by atoms with Gasteiger partial charge in [-0.3, -0.25) is 4.79 Å². The van der Waals surface area contributed by atoms with Gasteiger partial charge in [-0.15, -0.1) is 0 Å². The second-order valence-corrected chi connectivity index (χ2v) is 6.44. The fraction of sp³-hybridized carbons (Fsp3) is 0.190. The zero-order valence-electron chi connectivity index (χ0n) is 14.5. The van der Waals surface area contributed by atoms with E-state index in [0.29, 0.717) is 18.0 Å². The fourth-order valence-corrected chi connectivity index (χ4v) is 3.01. The Morgan fingerprint density at radius 1 is 1.08 bits per heavy atom. The minimum Gasteiger partial charge on any atom is -0.497 e. The van der Waals surface area contributed by atoms with E-state index in [1.54, 1.807) is 17.7 Å². The van der Waals surface area contributed by atoms with E-state index in [9.17, 15) is 9.90 Å². The third kappa shape index (κ3) is 4.15. The Balaban J connectivity index is 2.02. The lowest BCUT2D eigenvalue weighted by molar-refractivity contribution is 0.299. The first-order chi connectivity index (χ1) is 12.6. The summed E-state index contributed by atoms with van der Waals surface area (Å²) in [4.78, 5) is 12.5. The summed E-state index contributed by atoms with van der Waals surface area (Å²) >= 11 is 5.93. The topological polar surface area (TPSA) is 51.5 Å². The molecule has 0 fully saturated rings. The van der Waals surface area contributed by atoms with Gasteiger partial charge >= 0.3 is 0 Å². The van der Waals surface area contributed by atoms with Crippen molar-refractivity contribution in [1.82, 2.24) is 4.57 Å². The minimum atomic E-state index is -0.0966. The molecule has 0 atom stereocenters. The summed E-state index contributed by atoms with van der Waals surface area (Å²) in [5.41, 5.74) is 3.62. The summed E-state index contributed by atoms with van der Waals surface area (Å²) in [7, 11) is 1.62. The lowest BCUT2D eigenvalue weighted by atomic mass is 9.99. The van der Waals surface area contributed by atoms with E-state index in [1.165, 1.54) is 0 Å². The Hall–Kier alpha value is -2.56. The number of hydrogen-bond acceptors (Lipinski definition) is 3. The summed E-state index contributed by atoms with van der Waals surface area (Å²) in [5, 5.41) is 10.0. The third-order valence-corrected chi connectivity index (χ3v) is 4.51. The molecule has 0 amide bonds. The number of aliphatic hydroxyl groups excluding tert-OH is 1. The van der Waals surface area contributed by atoms with Crippen LogP contribution in [-0.4, -0.2) is 23.4 Å². The van der Waals surface area contributed by atoms with Crippen LogP contribution in [0.15, 0.2) is 65.6 Å². The normalized spacial score (nSPS) is 10.7. The van der Waals surface area contributed by atoms with Gasteiger partial charge in [0.2, 0.25) is 0 Å². The monoisotopic (exact) mass is 369 g/mol. The number of ether oxygens (including phenoxy) is 1. The van der Waals surface area contributed by atoms with Crippen LogP contribution in [-0.2, 0) is 13.0 Å². The highest BCUT2D eigenvalue weighted by molar-refractivity contribution is 6.30. The molecule has 4 nitrogen and oxygen atoms in total. The molecule has 3 rings (SSSR count). The Labute approximate surface area is 157 Å². The molecule has 0 aliphatic rings. The molecule has 3 aromatic rings. The maximum absolute atomic E-state index is 12.5. The van der Waals surface area contributed by atoms with Crippen molar-refractivity contribution >= 4 is 11.6 Å². The molecule has 0 saturated carbocycles. The van der Waals surface area contributed by atoms with Crippen LogP contribution >= 0.6 is 11.6 Å². The van der Waals surface area contributed by atoms with E-state index < -0.39 is 0 Å². The van der Waals surface area contributed by atoms with E-state index in [-0.39, 0.29) is 12.2 Å². The first-order valence-electron chi connectivity index (χ1n) is 8.34. The molecule has 26 heavy (non-hydrogen) atoms. The maximum Gasteiger partial charge on any atom is 0.251 e. The zero-order valence-corrected chi connectivity index (χ0v) is 15.2. The number of pyridine rings is 1. The molecule has 1 N–H and O–H groups in total. The summed E-state index contributed by atoms with van der Waals surface area (Å²) in [6, 6.07) is 16.7. The van der Waals surface area contributed by atoms with Gasteiger partial charge in [0, 0.05) is 29.5 Å². The van der Waals surface area contributed by atoms with Crippen LogP contribution in [0.4, 0.5) is 0 Å². The first kappa shape index (κ1) is 18.2. The van der Waals surface area contributed by atoms with Gasteiger partial charge in [-0.05, 0) is 47.4 Å². The van der Waals surface area contributed by atoms with Gasteiger partial charge in [-0.2, -0.15) is 0 Å². The largest absolute Gasteiger partial charge is 0.497 e. The Morgan fingerprint density at radius 3 is 2.38 bits per heavy atom. The number of methoxy groups -OCH3 is 1. The minimum absolute atomic E-state index is 0.0101. The van der Waals surface area contributed by atoms with Crippen molar-refractivity contribution in [2.24, 2.45) is 0 Å². The SMILES string of the molecule is COc1ccc(-c2cn(Cc3ccc(Cl)cc3)c(=O)cc2CCO)cc1. The predicted octanol–water partition coefficient (Wildman–Crippen LogP) is 3.76. The van der Waals surface area contributed by atoms with E-state index in [0.717, 1.165) is 28.0 Å². The lowest BCUT2D eigenvalue weighted by Crippen LogP contribution is -2.21. The molecule has 0 bridgehead atoms. The number of halogens is 1. The number of aliphatic hydroxyl groups is 1. The molecule has 0 radical (unpaired) electrons. The van der Waals surface area contributed by atoms with Crippen LogP contribution < -0.4 is 10.3 Å². The van der Waals surface area contributed by atoms with Crippen molar-refractivity contribution in [3.8, 4) is 16.9 Å². The van der Waals surface area contributed by atoms with Gasteiger partial charge < -0.3 is 14.4 Å². The van der Waals surface area contributed by atoms with E-state index in [4.69, 9.17) is 16.3 Å². The first-order valence-corrected chi connectivity index (χ1v) is 8.71. The zero-order chi connectivity index (χ0) is 18.5. The van der Waals surface area contributed by atoms with Gasteiger partial charge in [0.05, 0.1) is 13.7 Å². The van der Waals surface area contributed by atoms with Crippen LogP contribution in [0.2, 0.25) is 5.02 Å². The Morgan fingerprint density at radius 2 is 1.77 bits per heavy atom. The van der Waals surface area contributed by atoms with Crippen LogP contribution in [0.1, 0.15) is 11.1 Å². The summed E-state index contributed by atoms with van der Waals surface area (Å²) in [6.07, 6.45) is 2.28. The standard InChI is InChI=1S/C21H20ClNO3/c1-26-19-8-4-16(5-9-19)20-14-23(21(25)12-17(20)10-11-24)13-15-2-6-18(22)7-3-15/h2-9,12,14,24H,10-11,13H2,1H3. The van der Waals surface area contributed by atoms with Crippen LogP contribution in [0.25, 0.3) is 11.1 Å². The van der Waals surface area contributed by atoms with Crippen LogP contribution in [0, 0.1) is 0 Å². The van der Waals surface area contributed by atoms with Gasteiger partial charge in [-0.25, -0.2) is 0 Å². The molecule has 0 spiro atoms. The molecule has 2 aromatic carbocycles. The molecular formula is C21H20ClNO3. The molecule has 0 aliphatic heterocycles. The Bertz CT molecular complexity index is 931. The quantitative estimate of drug-likeness (QED) is 0.719. The highest BCUT2D eigenvalue weighted by atomic mass is 35.5. The van der Waals surface area contributed by atoms with Crippen molar-refractivity contribution in [2.45, 2.75) is 13.0 Å². The molecule has 0 unspecified atom stereocenters. The predicted molar refractivity (Wildman–Crippen MR) is 104 cm³/mol. The fourth-order valence-electron chi connectivity index (χ4n) is 2.88. The number of aromatic nitrogens is 1. The summed E-state index contributed by atoms with van der Waals surface area (Å²) < 4.78 is 6.88. The molecule has 1 heterocycles. The van der Waals surface area contributed by atoms with Gasteiger partial charge in [0.1, 0.15) is 5.75 Å². The molecule has 0 aliphatic carbocycles. The molecule has 1 aromatic heterocycles. The van der Waals surface area contributed by atoms with Gasteiger partial charge in [-0.1, -0.05) is 35.9 Å². The van der Waals surface area contributed by atoms with Crippen molar-refractivity contribution in [3.05, 3.63) is 87.3 Å². The molecule has 134 valence electrons. The van der Waals surface area contributed by atoms with E-state index in [1.807, 2.05) is 54.7 Å². The second kappa shape index (κ2) is 8.21. The summed E-state index contributed by atoms with van der Waals surface area (Å²) in [6.45, 7) is 0.447. The number of rotatable bonds is 6. The van der Waals surface area contributed by atoms with Crippen LogP contribution in [0.3, 0.4) is 0 Å². The molecular weight excluding hydrogens is 350 g/mol. The summed E-state index contributed by atoms with van der Waals surface area (Å²) in [5.74, 6) is 0.770. The third-order valence-electron chi connectivity index (χ3n) is 4.26. The van der Waals surface area contributed by atoms with Crippen molar-refractivity contribution < 1.29 is 9.84 Å². The number of hydrogen-bond donors (Lipinski definition) is 1. The number of nitrogens with zero attached hydrogens (tertiary/aromatic N) is 1. The van der Waals surface area contributed by atoms with E-state index >= 15 is 0 Å². The van der Waals surface area contributed by atoms with E-state index in [2.05, 4.69) is 0 Å². The average Bonchev–Trinajstić information content (AvgIpc) is 2.66. The van der Waals surface area contributed by atoms with Gasteiger partial charge in [0.15, 0.2) is 0 Å². The maximum atomic E-state index is 12.5. The smallest absolute Gasteiger partial charge is 0.251 e. The Kier molecular flexibility index (Phi) is 5.76. The average molecular weight is 370 g/mol. The number of benzene rings is 2. The van der Waals surface area contributed by atoms with Crippen LogP contribution in [0.5, 0.6) is 5.75 Å². The highest BCUT2D eigenvalue weighted by Crippen LogP contribution is 2.25. The molecule has 0 saturated heterocycles. The van der Waals surface area contributed by atoms with Crippen molar-refractivity contribution in [2.75, 3.05) is 13.7 Å². The van der Waals surface area contributed by atoms with Crippen molar-refractivity contribution in [1.29, 1.82) is 0 Å². The van der Waals surface area contributed by atoms with Crippen molar-refractivity contribution in [3.63, 3.8) is 0 Å². The lowest BCUT2D eigenvalue weighted by Gasteiger charge is -2.14. The second-order valence-electron chi connectivity index (χ2n) is 6.01. The van der Waals surface area contributed by atoms with Gasteiger partial charge in [0.25, 0.3) is 5.56 Å².